The summed E-state index contributed by atoms with van der Waals surface area (Å²) in [6, 6.07) is 0. The van der Waals surface area contributed by atoms with Crippen molar-refractivity contribution in [3.05, 3.63) is 0 Å². The van der Waals surface area contributed by atoms with Crippen LogP contribution in [0.3, 0.4) is 0 Å². The normalized spacial score (nSPS) is 16.8. The van der Waals surface area contributed by atoms with E-state index in [2.05, 4.69) is 13.8 Å². The Bertz CT molecular complexity index is 331. The van der Waals surface area contributed by atoms with Gasteiger partial charge in [-0.05, 0) is 12.8 Å². The zero-order valence-electron chi connectivity index (χ0n) is 16.4. The lowest BCUT2D eigenvalue weighted by molar-refractivity contribution is -0.148. The van der Waals surface area contributed by atoms with Crippen LogP contribution in [0, 0.1) is 5.92 Å². The Morgan fingerprint density at radius 2 is 1.58 bits per heavy atom. The van der Waals surface area contributed by atoms with Crippen molar-refractivity contribution in [1.82, 2.24) is 4.90 Å². The van der Waals surface area contributed by atoms with Gasteiger partial charge in [-0.1, -0.05) is 72.6 Å². The van der Waals surface area contributed by atoms with Crippen LogP contribution in [0.25, 0.3) is 0 Å². The molecule has 4 nitrogen and oxygen atoms in total. The average molecular weight is 342 g/mol. The van der Waals surface area contributed by atoms with E-state index in [-0.39, 0.29) is 17.8 Å². The fourth-order valence-electron chi connectivity index (χ4n) is 2.87. The van der Waals surface area contributed by atoms with Gasteiger partial charge in [0.05, 0.1) is 12.5 Å². The molecule has 0 aliphatic carbocycles. The molecule has 24 heavy (non-hydrogen) atoms. The van der Waals surface area contributed by atoms with Gasteiger partial charge in [0.25, 0.3) is 0 Å². The van der Waals surface area contributed by atoms with Gasteiger partial charge >= 0.3 is 5.97 Å². The molecule has 1 amide bonds. The summed E-state index contributed by atoms with van der Waals surface area (Å²) in [5.41, 5.74) is 0. The number of likely N-dealkylation sites (tertiary alicyclic amines) is 1. The molecule has 0 spiro atoms. The molecule has 0 radical (unpaired) electrons. The molecule has 0 saturated carbocycles. The highest BCUT2D eigenvalue weighted by atomic mass is 16.5. The zero-order valence-corrected chi connectivity index (χ0v) is 16.4. The van der Waals surface area contributed by atoms with Gasteiger partial charge in [-0.3, -0.25) is 9.59 Å². The Kier molecular flexibility index (Phi) is 14.8. The smallest absolute Gasteiger partial charge is 0.311 e. The summed E-state index contributed by atoms with van der Waals surface area (Å²) >= 11 is 0. The number of unbranched alkanes of at least 4 members (excludes halogenated alkanes) is 7. The summed E-state index contributed by atoms with van der Waals surface area (Å²) in [6.45, 7) is 10.2. The Morgan fingerprint density at radius 1 is 1.00 bits per heavy atom. The maximum Gasteiger partial charge on any atom is 0.311 e. The van der Waals surface area contributed by atoms with Crippen LogP contribution in [0.15, 0.2) is 0 Å². The summed E-state index contributed by atoms with van der Waals surface area (Å²) in [4.78, 5) is 25.7. The second kappa shape index (κ2) is 15.5. The van der Waals surface area contributed by atoms with E-state index in [0.29, 0.717) is 19.6 Å². The number of ether oxygens (including phenoxy) is 1. The van der Waals surface area contributed by atoms with Crippen molar-refractivity contribution in [3.63, 3.8) is 0 Å². The molecule has 1 heterocycles. The van der Waals surface area contributed by atoms with Gasteiger partial charge in [-0.15, -0.1) is 0 Å². The molecule has 1 aliphatic heterocycles. The van der Waals surface area contributed by atoms with E-state index in [0.717, 1.165) is 38.6 Å². The Labute approximate surface area is 149 Å². The van der Waals surface area contributed by atoms with Crippen molar-refractivity contribution >= 4 is 11.9 Å². The third kappa shape index (κ3) is 9.94. The van der Waals surface area contributed by atoms with Crippen molar-refractivity contribution < 1.29 is 14.3 Å². The first-order chi connectivity index (χ1) is 11.7. The molecule has 1 unspecified atom stereocenters. The third-order valence-electron chi connectivity index (χ3n) is 4.32. The molecule has 0 aromatic carbocycles. The standard InChI is InChI=1S/C18H33NO3.C2H6/c1-3-5-7-8-9-11-13-22-18(21)16-14-17(20)19(15-16)12-10-6-4-2;1-2/h16H,3-15H2,1-2H3;1-2H3. The summed E-state index contributed by atoms with van der Waals surface area (Å²) in [7, 11) is 0. The quantitative estimate of drug-likeness (QED) is 0.372. The minimum absolute atomic E-state index is 0.109. The lowest BCUT2D eigenvalue weighted by atomic mass is 10.1. The first-order valence-electron chi connectivity index (χ1n) is 10.1. The highest BCUT2D eigenvalue weighted by molar-refractivity contribution is 5.86. The van der Waals surface area contributed by atoms with Crippen LogP contribution in [0.4, 0.5) is 0 Å². The third-order valence-corrected chi connectivity index (χ3v) is 4.32. The number of hydrogen-bond donors (Lipinski definition) is 0. The number of carbonyl (C=O) groups is 2. The van der Waals surface area contributed by atoms with E-state index >= 15 is 0 Å². The van der Waals surface area contributed by atoms with E-state index in [1.807, 2.05) is 18.7 Å². The zero-order chi connectivity index (χ0) is 18.2. The van der Waals surface area contributed by atoms with E-state index in [1.54, 1.807) is 0 Å². The van der Waals surface area contributed by atoms with Crippen LogP contribution in [0.1, 0.15) is 91.9 Å². The maximum absolute atomic E-state index is 12.0. The summed E-state index contributed by atoms with van der Waals surface area (Å²) in [5.74, 6) is -0.313. The predicted molar refractivity (Wildman–Crippen MR) is 99.9 cm³/mol. The van der Waals surface area contributed by atoms with E-state index in [4.69, 9.17) is 4.74 Å². The number of rotatable bonds is 12. The fraction of sp³-hybridized carbons (Fsp3) is 0.900. The summed E-state index contributed by atoms with van der Waals surface area (Å²) in [6.07, 6.45) is 10.7. The molecule has 0 N–H and O–H groups in total. The number of amides is 1. The van der Waals surface area contributed by atoms with E-state index in [9.17, 15) is 9.59 Å². The topological polar surface area (TPSA) is 46.6 Å². The van der Waals surface area contributed by atoms with Gasteiger partial charge in [0, 0.05) is 19.5 Å². The molecule has 0 aromatic rings. The van der Waals surface area contributed by atoms with Crippen molar-refractivity contribution in [2.24, 2.45) is 5.92 Å². The van der Waals surface area contributed by atoms with Gasteiger partial charge < -0.3 is 9.64 Å². The van der Waals surface area contributed by atoms with Gasteiger partial charge in [0.2, 0.25) is 5.91 Å². The molecule has 1 aliphatic rings. The second-order valence-electron chi connectivity index (χ2n) is 6.38. The molecule has 0 aromatic heterocycles. The molecular formula is C20H39NO3. The number of hydrogen-bond acceptors (Lipinski definition) is 3. The molecule has 0 bridgehead atoms. The highest BCUT2D eigenvalue weighted by Gasteiger charge is 2.34. The number of carbonyl (C=O) groups excluding carboxylic acids is 2. The SMILES string of the molecule is CC.CCCCCCCCOC(=O)C1CC(=O)N(CCCCC)C1. The molecule has 1 saturated heterocycles. The summed E-state index contributed by atoms with van der Waals surface area (Å²) < 4.78 is 5.34. The van der Waals surface area contributed by atoms with E-state index in [1.165, 1.54) is 25.7 Å². The minimum Gasteiger partial charge on any atom is -0.465 e. The lowest BCUT2D eigenvalue weighted by Gasteiger charge is -2.16. The number of nitrogens with zero attached hydrogens (tertiary/aromatic N) is 1. The van der Waals surface area contributed by atoms with Crippen molar-refractivity contribution in [2.75, 3.05) is 19.7 Å². The van der Waals surface area contributed by atoms with Crippen LogP contribution in [-0.2, 0) is 14.3 Å². The van der Waals surface area contributed by atoms with Crippen LogP contribution in [-0.4, -0.2) is 36.5 Å². The highest BCUT2D eigenvalue weighted by Crippen LogP contribution is 2.20. The Hall–Kier alpha value is -1.06. The first-order valence-corrected chi connectivity index (χ1v) is 10.1. The first kappa shape index (κ1) is 22.9. The van der Waals surface area contributed by atoms with Gasteiger partial charge in [-0.25, -0.2) is 0 Å². The number of esters is 1. The van der Waals surface area contributed by atoms with E-state index < -0.39 is 0 Å². The van der Waals surface area contributed by atoms with Gasteiger partial charge in [0.1, 0.15) is 0 Å². The molecule has 1 atom stereocenters. The average Bonchev–Trinajstić information content (AvgIpc) is 2.97. The second-order valence-corrected chi connectivity index (χ2v) is 6.38. The lowest BCUT2D eigenvalue weighted by Crippen LogP contribution is -2.27. The molecule has 1 fully saturated rings. The molecule has 4 heteroatoms. The van der Waals surface area contributed by atoms with Crippen molar-refractivity contribution in [3.8, 4) is 0 Å². The van der Waals surface area contributed by atoms with Crippen molar-refractivity contribution in [1.29, 1.82) is 0 Å². The monoisotopic (exact) mass is 341 g/mol. The molecule has 1 rings (SSSR count). The van der Waals surface area contributed by atoms with Crippen LogP contribution in [0.5, 0.6) is 0 Å². The predicted octanol–water partition coefficient (Wildman–Crippen LogP) is 4.96. The van der Waals surface area contributed by atoms with Crippen LogP contribution < -0.4 is 0 Å². The van der Waals surface area contributed by atoms with Crippen LogP contribution in [0.2, 0.25) is 0 Å². The fourth-order valence-corrected chi connectivity index (χ4v) is 2.87. The van der Waals surface area contributed by atoms with Crippen molar-refractivity contribution in [2.45, 2.75) is 91.9 Å². The van der Waals surface area contributed by atoms with Gasteiger partial charge in [0.15, 0.2) is 0 Å². The largest absolute Gasteiger partial charge is 0.465 e. The molecule has 142 valence electrons. The molecular weight excluding hydrogens is 302 g/mol. The summed E-state index contributed by atoms with van der Waals surface area (Å²) in [5, 5.41) is 0. The Morgan fingerprint density at radius 3 is 2.25 bits per heavy atom. The van der Waals surface area contributed by atoms with Crippen LogP contribution >= 0.6 is 0 Å². The maximum atomic E-state index is 12.0. The minimum atomic E-state index is -0.241. The van der Waals surface area contributed by atoms with Gasteiger partial charge in [-0.2, -0.15) is 0 Å². The Balaban J connectivity index is 0.00000254.